The van der Waals surface area contributed by atoms with Crippen molar-refractivity contribution < 1.29 is 62.3 Å². The minimum absolute atomic E-state index is 0.601. The number of esters is 5. The zero-order valence-corrected chi connectivity index (χ0v) is 17.8. The van der Waals surface area contributed by atoms with Crippen molar-refractivity contribution in [3.63, 3.8) is 0 Å². The highest BCUT2D eigenvalue weighted by Gasteiger charge is 2.58. The summed E-state index contributed by atoms with van der Waals surface area (Å²) in [4.78, 5) is 75.0. The molecule has 0 bridgehead atoms. The van der Waals surface area contributed by atoms with Crippen molar-refractivity contribution in [3.8, 4) is 0 Å². The van der Waals surface area contributed by atoms with Crippen molar-refractivity contribution in [1.82, 2.24) is 0 Å². The zero-order chi connectivity index (χ0) is 24.6. The van der Waals surface area contributed by atoms with Gasteiger partial charge in [0.2, 0.25) is 6.29 Å². The number of methoxy groups -OCH3 is 2. The first-order chi connectivity index (χ1) is 14.9. The van der Waals surface area contributed by atoms with Gasteiger partial charge < -0.3 is 28.4 Å². The third-order valence-electron chi connectivity index (χ3n) is 4.23. The van der Waals surface area contributed by atoms with Crippen molar-refractivity contribution in [3.05, 3.63) is 10.1 Å². The molecule has 1 saturated heterocycles. The van der Waals surface area contributed by atoms with Crippen LogP contribution in [0.25, 0.3) is 0 Å². The van der Waals surface area contributed by atoms with Crippen molar-refractivity contribution in [2.24, 2.45) is 11.8 Å². The average molecular weight is 465 g/mol. The second kappa shape index (κ2) is 11.8. The molecular weight excluding hydrogens is 442 g/mol. The van der Waals surface area contributed by atoms with Crippen LogP contribution in [0.3, 0.4) is 0 Å². The third kappa shape index (κ3) is 7.04. The van der Waals surface area contributed by atoms with Crippen molar-refractivity contribution in [2.75, 3.05) is 20.8 Å². The van der Waals surface area contributed by atoms with Gasteiger partial charge in [0.05, 0.1) is 20.1 Å². The maximum atomic E-state index is 12.4. The molecule has 1 aliphatic heterocycles. The summed E-state index contributed by atoms with van der Waals surface area (Å²) in [5, 5.41) is 9.79. The van der Waals surface area contributed by atoms with Crippen LogP contribution in [0.1, 0.15) is 20.8 Å². The molecule has 0 unspecified atom stereocenters. The molecule has 15 nitrogen and oxygen atoms in total. The summed E-state index contributed by atoms with van der Waals surface area (Å²) in [6.07, 6.45) is -6.74. The minimum atomic E-state index is -2.02. The standard InChI is InChI=1S/C17H23NO14/c1-7(19)28-6-10-13(29-8(2)20)14(30-9(3)21)11(17(31-10)32-18(24)25)12(15(22)26-4)16(23)27-5/h10-14,17H,6H2,1-5H3/t10-,11-,13-,14-,17-/m1/s1. The van der Waals surface area contributed by atoms with E-state index in [0.29, 0.717) is 0 Å². The minimum Gasteiger partial charge on any atom is -0.468 e. The lowest BCUT2D eigenvalue weighted by atomic mass is 9.80. The van der Waals surface area contributed by atoms with E-state index in [1.165, 1.54) is 0 Å². The van der Waals surface area contributed by atoms with Crippen LogP contribution in [-0.4, -0.2) is 80.4 Å². The Morgan fingerprint density at radius 1 is 0.906 bits per heavy atom. The highest BCUT2D eigenvalue weighted by molar-refractivity contribution is 5.95. The summed E-state index contributed by atoms with van der Waals surface area (Å²) in [6.45, 7) is 2.43. The van der Waals surface area contributed by atoms with Gasteiger partial charge in [-0.2, -0.15) is 0 Å². The molecule has 1 aliphatic rings. The lowest BCUT2D eigenvalue weighted by Crippen LogP contribution is -2.63. The molecule has 5 atom stereocenters. The fraction of sp³-hybridized carbons (Fsp3) is 0.706. The van der Waals surface area contributed by atoms with Crippen molar-refractivity contribution in [1.29, 1.82) is 0 Å². The van der Waals surface area contributed by atoms with E-state index < -0.39 is 78.0 Å². The van der Waals surface area contributed by atoms with Crippen LogP contribution in [0.2, 0.25) is 0 Å². The first kappa shape index (κ1) is 26.5. The first-order valence-corrected chi connectivity index (χ1v) is 9.02. The van der Waals surface area contributed by atoms with Gasteiger partial charge in [-0.15, -0.1) is 10.1 Å². The number of hydrogen-bond acceptors (Lipinski definition) is 14. The van der Waals surface area contributed by atoms with E-state index in [1.807, 2.05) is 0 Å². The molecule has 1 heterocycles. The monoisotopic (exact) mass is 465 g/mol. The van der Waals surface area contributed by atoms with Crippen LogP contribution >= 0.6 is 0 Å². The average Bonchev–Trinajstić information content (AvgIpc) is 2.68. The summed E-state index contributed by atoms with van der Waals surface area (Å²) in [5.41, 5.74) is 0. The Kier molecular flexibility index (Phi) is 9.77. The molecule has 0 radical (unpaired) electrons. The van der Waals surface area contributed by atoms with Gasteiger partial charge in [-0.3, -0.25) is 28.8 Å². The topological polar surface area (TPSA) is 193 Å². The Balaban J connectivity index is 3.64. The van der Waals surface area contributed by atoms with Gasteiger partial charge in [0.15, 0.2) is 12.0 Å². The molecule has 0 aromatic heterocycles. The van der Waals surface area contributed by atoms with E-state index in [0.717, 1.165) is 35.0 Å². The second-order valence-electron chi connectivity index (χ2n) is 6.42. The van der Waals surface area contributed by atoms with Crippen LogP contribution in [0.4, 0.5) is 0 Å². The summed E-state index contributed by atoms with van der Waals surface area (Å²) < 4.78 is 29.7. The Labute approximate surface area is 181 Å². The predicted octanol–water partition coefficient (Wildman–Crippen LogP) is -1.08. The number of carbonyl (C=O) groups is 5. The zero-order valence-electron chi connectivity index (χ0n) is 17.8. The molecular formula is C17H23NO14. The Morgan fingerprint density at radius 2 is 1.41 bits per heavy atom. The van der Waals surface area contributed by atoms with Gasteiger partial charge in [0, 0.05) is 20.8 Å². The Hall–Kier alpha value is -3.49. The fourth-order valence-electron chi connectivity index (χ4n) is 3.12. The van der Waals surface area contributed by atoms with Crippen LogP contribution in [0, 0.1) is 22.0 Å². The number of hydrogen-bond donors (Lipinski definition) is 0. The van der Waals surface area contributed by atoms with Gasteiger partial charge in [-0.1, -0.05) is 0 Å². The molecule has 0 spiro atoms. The molecule has 0 aromatic rings. The molecule has 15 heteroatoms. The number of carbonyl (C=O) groups excluding carboxylic acids is 5. The van der Waals surface area contributed by atoms with Gasteiger partial charge in [-0.05, 0) is 0 Å². The molecule has 0 amide bonds. The lowest BCUT2D eigenvalue weighted by Gasteiger charge is -2.45. The molecule has 180 valence electrons. The number of nitrogens with zero attached hydrogens (tertiary/aromatic N) is 1. The van der Waals surface area contributed by atoms with Gasteiger partial charge >= 0.3 is 29.8 Å². The van der Waals surface area contributed by atoms with Crippen molar-refractivity contribution >= 4 is 29.8 Å². The van der Waals surface area contributed by atoms with E-state index in [1.54, 1.807) is 0 Å². The van der Waals surface area contributed by atoms with Gasteiger partial charge in [0.1, 0.15) is 18.8 Å². The van der Waals surface area contributed by atoms with Crippen LogP contribution in [0.5, 0.6) is 0 Å². The summed E-state index contributed by atoms with van der Waals surface area (Å²) in [5.74, 6) is -8.79. The van der Waals surface area contributed by atoms with E-state index >= 15 is 0 Å². The molecule has 0 aliphatic carbocycles. The summed E-state index contributed by atoms with van der Waals surface area (Å²) in [7, 11) is 1.86. The maximum absolute atomic E-state index is 12.4. The number of ether oxygens (including phenoxy) is 6. The Bertz CT molecular complexity index is 736. The van der Waals surface area contributed by atoms with Gasteiger partial charge in [0.25, 0.3) is 5.09 Å². The Morgan fingerprint density at radius 3 is 1.81 bits per heavy atom. The third-order valence-corrected chi connectivity index (χ3v) is 4.23. The molecule has 0 aromatic carbocycles. The predicted molar refractivity (Wildman–Crippen MR) is 95.5 cm³/mol. The van der Waals surface area contributed by atoms with E-state index in [9.17, 15) is 34.1 Å². The summed E-state index contributed by atoms with van der Waals surface area (Å²) in [6, 6.07) is 0. The largest absolute Gasteiger partial charge is 0.468 e. The normalized spacial score (nSPS) is 24.6. The highest BCUT2D eigenvalue weighted by atomic mass is 17.0. The quantitative estimate of drug-likeness (QED) is 0.131. The molecule has 0 saturated carbocycles. The molecule has 0 N–H and O–H groups in total. The van der Waals surface area contributed by atoms with E-state index in [-0.39, 0.29) is 0 Å². The SMILES string of the molecule is COC(=O)C(C(=O)OC)[C@H]1[C@@H](O[N+](=O)[O-])O[C@H](COC(C)=O)[C@@H](OC(C)=O)[C@@H]1OC(C)=O. The lowest BCUT2D eigenvalue weighted by molar-refractivity contribution is -0.786. The fourth-order valence-corrected chi connectivity index (χ4v) is 3.12. The highest BCUT2D eigenvalue weighted by Crippen LogP contribution is 2.37. The van der Waals surface area contributed by atoms with Crippen molar-refractivity contribution in [2.45, 2.75) is 45.4 Å². The van der Waals surface area contributed by atoms with Crippen LogP contribution < -0.4 is 0 Å². The molecule has 1 fully saturated rings. The number of rotatable bonds is 9. The van der Waals surface area contributed by atoms with E-state index in [2.05, 4.69) is 14.3 Å². The van der Waals surface area contributed by atoms with Gasteiger partial charge in [-0.25, -0.2) is 0 Å². The molecule has 32 heavy (non-hydrogen) atoms. The summed E-state index contributed by atoms with van der Waals surface area (Å²) >= 11 is 0. The van der Waals surface area contributed by atoms with Crippen LogP contribution in [0.15, 0.2) is 0 Å². The molecule has 1 rings (SSSR count). The van der Waals surface area contributed by atoms with Crippen LogP contribution in [-0.2, 0) is 57.2 Å². The second-order valence-corrected chi connectivity index (χ2v) is 6.42. The smallest absolute Gasteiger partial charge is 0.320 e. The maximum Gasteiger partial charge on any atom is 0.320 e. The first-order valence-electron chi connectivity index (χ1n) is 9.02. The van der Waals surface area contributed by atoms with E-state index in [4.69, 9.17) is 18.9 Å².